The summed E-state index contributed by atoms with van der Waals surface area (Å²) < 4.78 is 0. The van der Waals surface area contributed by atoms with Crippen LogP contribution in [0.5, 0.6) is 0 Å². The lowest BCUT2D eigenvalue weighted by Gasteiger charge is -2.13. The zero-order chi connectivity index (χ0) is 12.8. The van der Waals surface area contributed by atoms with Crippen molar-refractivity contribution in [2.45, 2.75) is 12.6 Å². The highest BCUT2D eigenvalue weighted by molar-refractivity contribution is 5.62. The molecule has 1 aromatic heterocycles. The van der Waals surface area contributed by atoms with Crippen LogP contribution in [0.15, 0.2) is 36.5 Å². The van der Waals surface area contributed by atoms with Gasteiger partial charge in [0, 0.05) is 12.1 Å². The lowest BCUT2D eigenvalue weighted by atomic mass is 10.1. The average Bonchev–Trinajstić information content (AvgIpc) is 2.89. The Morgan fingerprint density at radius 1 is 1.17 bits per heavy atom. The van der Waals surface area contributed by atoms with Crippen molar-refractivity contribution in [1.29, 1.82) is 0 Å². The summed E-state index contributed by atoms with van der Waals surface area (Å²) in [5.41, 5.74) is 3.03. The van der Waals surface area contributed by atoms with Gasteiger partial charge >= 0.3 is 0 Å². The van der Waals surface area contributed by atoms with E-state index in [9.17, 15) is 0 Å². The number of aromatic nitrogens is 2. The van der Waals surface area contributed by atoms with Crippen LogP contribution in [0, 0.1) is 0 Å². The number of hydrogen-bond acceptors (Lipinski definition) is 4. The fourth-order valence-electron chi connectivity index (χ4n) is 1.74. The minimum absolute atomic E-state index is 0.0883. The Kier molecular flexibility index (Phi) is 4.46. The molecule has 96 valence electrons. The molecule has 0 spiro atoms. The summed E-state index contributed by atoms with van der Waals surface area (Å²) in [6, 6.07) is 9.61. The van der Waals surface area contributed by atoms with Crippen LogP contribution < -0.4 is 5.32 Å². The van der Waals surface area contributed by atoms with E-state index in [1.807, 2.05) is 30.3 Å². The van der Waals surface area contributed by atoms with E-state index in [1.165, 1.54) is 0 Å². The number of H-pyrrole nitrogens is 1. The first-order chi connectivity index (χ1) is 8.85. The molecule has 4 N–H and O–H groups in total. The molecule has 0 saturated carbocycles. The zero-order valence-electron chi connectivity index (χ0n) is 10.0. The predicted molar refractivity (Wildman–Crippen MR) is 68.8 cm³/mol. The number of rotatable bonds is 6. The minimum Gasteiger partial charge on any atom is -0.395 e. The summed E-state index contributed by atoms with van der Waals surface area (Å²) in [5, 5.41) is 28.1. The maximum absolute atomic E-state index is 9.00. The summed E-state index contributed by atoms with van der Waals surface area (Å²) >= 11 is 0. The molecule has 2 rings (SSSR count). The minimum atomic E-state index is -0.302. The molecular weight excluding hydrogens is 230 g/mol. The van der Waals surface area contributed by atoms with E-state index in [1.54, 1.807) is 6.20 Å². The lowest BCUT2D eigenvalue weighted by molar-refractivity contribution is 0.170. The van der Waals surface area contributed by atoms with Gasteiger partial charge in [-0.15, -0.1) is 0 Å². The van der Waals surface area contributed by atoms with E-state index in [0.717, 1.165) is 16.8 Å². The van der Waals surface area contributed by atoms with E-state index in [4.69, 9.17) is 10.2 Å². The molecular formula is C13H17N3O2. The van der Waals surface area contributed by atoms with E-state index in [0.29, 0.717) is 6.54 Å². The predicted octanol–water partition coefficient (Wildman–Crippen LogP) is 0.519. The van der Waals surface area contributed by atoms with Gasteiger partial charge in [0.1, 0.15) is 0 Å². The van der Waals surface area contributed by atoms with Crippen LogP contribution in [-0.2, 0) is 6.54 Å². The van der Waals surface area contributed by atoms with Crippen LogP contribution in [0.2, 0.25) is 0 Å². The average molecular weight is 247 g/mol. The standard InChI is InChI=1S/C13H17N3O2/c17-8-12(9-18)14-6-11-7-15-16-13(11)10-4-2-1-3-5-10/h1-5,7,12,14,17-18H,6,8-9H2,(H,15,16). The number of hydrogen-bond donors (Lipinski definition) is 4. The highest BCUT2D eigenvalue weighted by atomic mass is 16.3. The van der Waals surface area contributed by atoms with Crippen molar-refractivity contribution < 1.29 is 10.2 Å². The molecule has 0 aliphatic heterocycles. The Morgan fingerprint density at radius 3 is 2.56 bits per heavy atom. The van der Waals surface area contributed by atoms with Crippen molar-refractivity contribution in [3.63, 3.8) is 0 Å². The van der Waals surface area contributed by atoms with Crippen molar-refractivity contribution >= 4 is 0 Å². The number of aliphatic hydroxyl groups is 2. The number of aromatic amines is 1. The summed E-state index contributed by atoms with van der Waals surface area (Å²) in [7, 11) is 0. The van der Waals surface area contributed by atoms with E-state index >= 15 is 0 Å². The van der Waals surface area contributed by atoms with Gasteiger partial charge in [-0.25, -0.2) is 0 Å². The van der Waals surface area contributed by atoms with E-state index < -0.39 is 0 Å². The molecule has 0 aliphatic rings. The molecule has 1 aromatic carbocycles. The van der Waals surface area contributed by atoms with Gasteiger partial charge in [0.15, 0.2) is 0 Å². The second kappa shape index (κ2) is 6.30. The van der Waals surface area contributed by atoms with Gasteiger partial charge in [-0.3, -0.25) is 5.10 Å². The number of nitrogens with one attached hydrogen (secondary N) is 2. The maximum Gasteiger partial charge on any atom is 0.0695 e. The molecule has 0 radical (unpaired) electrons. The monoisotopic (exact) mass is 247 g/mol. The number of aliphatic hydroxyl groups excluding tert-OH is 2. The second-order valence-electron chi connectivity index (χ2n) is 4.08. The maximum atomic E-state index is 9.00. The van der Waals surface area contributed by atoms with E-state index in [2.05, 4.69) is 15.5 Å². The molecule has 2 aromatic rings. The summed E-state index contributed by atoms with van der Waals surface area (Å²) in [5.74, 6) is 0. The third-order valence-electron chi connectivity index (χ3n) is 2.80. The summed E-state index contributed by atoms with van der Waals surface area (Å²) in [4.78, 5) is 0. The van der Waals surface area contributed by atoms with Crippen LogP contribution >= 0.6 is 0 Å². The number of benzene rings is 1. The Labute approximate surface area is 105 Å². The Bertz CT molecular complexity index is 466. The largest absolute Gasteiger partial charge is 0.395 e. The van der Waals surface area contributed by atoms with Crippen LogP contribution in [0.4, 0.5) is 0 Å². The highest BCUT2D eigenvalue weighted by Gasteiger charge is 2.10. The molecule has 0 bridgehead atoms. The highest BCUT2D eigenvalue weighted by Crippen LogP contribution is 2.20. The van der Waals surface area contributed by atoms with Crippen molar-refractivity contribution in [2.75, 3.05) is 13.2 Å². The molecule has 0 fully saturated rings. The smallest absolute Gasteiger partial charge is 0.0695 e. The summed E-state index contributed by atoms with van der Waals surface area (Å²) in [6.07, 6.45) is 1.75. The van der Waals surface area contributed by atoms with Crippen LogP contribution in [-0.4, -0.2) is 39.7 Å². The Morgan fingerprint density at radius 2 is 1.89 bits per heavy atom. The van der Waals surface area contributed by atoms with Crippen LogP contribution in [0.1, 0.15) is 5.56 Å². The van der Waals surface area contributed by atoms with Crippen molar-refractivity contribution in [3.05, 3.63) is 42.1 Å². The molecule has 0 unspecified atom stereocenters. The van der Waals surface area contributed by atoms with Crippen molar-refractivity contribution in [1.82, 2.24) is 15.5 Å². The van der Waals surface area contributed by atoms with Gasteiger partial charge in [-0.2, -0.15) is 5.10 Å². The van der Waals surface area contributed by atoms with Gasteiger partial charge in [-0.05, 0) is 5.56 Å². The third kappa shape index (κ3) is 2.95. The van der Waals surface area contributed by atoms with Crippen LogP contribution in [0.25, 0.3) is 11.3 Å². The molecule has 1 heterocycles. The topological polar surface area (TPSA) is 81.2 Å². The Hall–Kier alpha value is -1.69. The lowest BCUT2D eigenvalue weighted by Crippen LogP contribution is -2.35. The van der Waals surface area contributed by atoms with Gasteiger partial charge in [-0.1, -0.05) is 30.3 Å². The zero-order valence-corrected chi connectivity index (χ0v) is 10.0. The molecule has 0 saturated heterocycles. The first-order valence-electron chi connectivity index (χ1n) is 5.88. The molecule has 5 heteroatoms. The van der Waals surface area contributed by atoms with Gasteiger partial charge in [0.05, 0.1) is 31.1 Å². The SMILES string of the molecule is OCC(CO)NCc1cn[nH]c1-c1ccccc1. The van der Waals surface area contributed by atoms with Gasteiger partial charge < -0.3 is 15.5 Å². The van der Waals surface area contributed by atoms with E-state index in [-0.39, 0.29) is 19.3 Å². The Balaban J connectivity index is 2.09. The molecule has 18 heavy (non-hydrogen) atoms. The first kappa shape index (κ1) is 12.8. The summed E-state index contributed by atoms with van der Waals surface area (Å²) in [6.45, 7) is 0.372. The first-order valence-corrected chi connectivity index (χ1v) is 5.88. The molecule has 0 amide bonds. The fourth-order valence-corrected chi connectivity index (χ4v) is 1.74. The van der Waals surface area contributed by atoms with Gasteiger partial charge in [0.2, 0.25) is 0 Å². The molecule has 5 nitrogen and oxygen atoms in total. The quantitative estimate of drug-likeness (QED) is 0.600. The molecule has 0 aliphatic carbocycles. The second-order valence-corrected chi connectivity index (χ2v) is 4.08. The fraction of sp³-hybridized carbons (Fsp3) is 0.308. The van der Waals surface area contributed by atoms with Crippen LogP contribution in [0.3, 0.4) is 0 Å². The molecule has 0 atom stereocenters. The number of nitrogens with zero attached hydrogens (tertiary/aromatic N) is 1. The van der Waals surface area contributed by atoms with Crippen molar-refractivity contribution in [3.8, 4) is 11.3 Å². The van der Waals surface area contributed by atoms with Gasteiger partial charge in [0.25, 0.3) is 0 Å². The third-order valence-corrected chi connectivity index (χ3v) is 2.80. The van der Waals surface area contributed by atoms with Crippen molar-refractivity contribution in [2.24, 2.45) is 0 Å². The normalized spacial score (nSPS) is 11.1.